The summed E-state index contributed by atoms with van der Waals surface area (Å²) in [5, 5.41) is 11.6. The Labute approximate surface area is 566 Å². The van der Waals surface area contributed by atoms with Crippen LogP contribution in [0.2, 0.25) is 15.1 Å². The van der Waals surface area contributed by atoms with Crippen LogP contribution in [0.15, 0.2) is 176 Å². The minimum Gasteiger partial charge on any atom is -0.502 e. The van der Waals surface area contributed by atoms with Gasteiger partial charge in [0.1, 0.15) is 28.8 Å². The molecule has 92 heavy (non-hydrogen) atoms. The number of methoxy groups -OCH3 is 3. The van der Waals surface area contributed by atoms with Gasteiger partial charge in [-0.3, -0.25) is 0 Å². The smallest absolute Gasteiger partial charge is 0.231 e. The van der Waals surface area contributed by atoms with Crippen molar-refractivity contribution in [1.29, 1.82) is 0 Å². The number of hydrogen-bond donors (Lipinski definition) is 1. The second-order valence-corrected chi connectivity index (χ2v) is 25.2. The monoisotopic (exact) mass is 1320 g/mol. The lowest BCUT2D eigenvalue weighted by atomic mass is 10.1. The first-order valence-electron chi connectivity index (χ1n) is 31.4. The molecular weight excluding hydrogens is 1220 g/mol. The third-order valence-electron chi connectivity index (χ3n) is 12.4. The average molecular weight is 1320 g/mol. The summed E-state index contributed by atoms with van der Waals surface area (Å²) >= 11 is 17.4. The molecule has 1 atom stereocenters. The normalized spacial score (nSPS) is 11.7. The van der Waals surface area contributed by atoms with Gasteiger partial charge in [0.15, 0.2) is 23.0 Å². The summed E-state index contributed by atoms with van der Waals surface area (Å²) in [6.07, 6.45) is 17.0. The molecule has 0 saturated carbocycles. The van der Waals surface area contributed by atoms with Gasteiger partial charge < -0.3 is 43.0 Å². The van der Waals surface area contributed by atoms with Crippen molar-refractivity contribution in [2.24, 2.45) is 41.4 Å². The van der Waals surface area contributed by atoms with Crippen LogP contribution in [0, 0.1) is 47.2 Å². The molecule has 1 heterocycles. The minimum atomic E-state index is -0.184. The van der Waals surface area contributed by atoms with Crippen molar-refractivity contribution >= 4 is 59.1 Å². The highest BCUT2D eigenvalue weighted by Crippen LogP contribution is 2.38. The Morgan fingerprint density at radius 2 is 0.880 bits per heavy atom. The predicted molar refractivity (Wildman–Crippen MR) is 389 cm³/mol. The van der Waals surface area contributed by atoms with Gasteiger partial charge >= 0.3 is 0 Å². The molecule has 1 N–H and O–H groups in total. The molecule has 9 nitrogen and oxygen atoms in total. The van der Waals surface area contributed by atoms with Crippen molar-refractivity contribution in [3.8, 4) is 51.7 Å². The first-order valence-corrected chi connectivity index (χ1v) is 32.5. The van der Waals surface area contributed by atoms with Crippen LogP contribution in [-0.4, -0.2) is 52.5 Å². The van der Waals surface area contributed by atoms with Crippen molar-refractivity contribution in [2.45, 2.75) is 110 Å². The van der Waals surface area contributed by atoms with Crippen LogP contribution < -0.4 is 37.9 Å². The number of benzene rings is 7. The molecule has 1 unspecified atom stereocenters. The number of allylic oxidation sites excluding steroid dienone is 4. The molecule has 1 aliphatic heterocycles. The van der Waals surface area contributed by atoms with Gasteiger partial charge in [0.05, 0.1) is 45.7 Å². The van der Waals surface area contributed by atoms with Gasteiger partial charge in [0.2, 0.25) is 12.5 Å². The van der Waals surface area contributed by atoms with Gasteiger partial charge in [-0.15, -0.1) is 0 Å². The van der Waals surface area contributed by atoms with Crippen LogP contribution in [0.4, 0.5) is 4.39 Å². The lowest BCUT2D eigenvalue weighted by Gasteiger charge is -2.17. The fourth-order valence-corrected chi connectivity index (χ4v) is 7.61. The minimum absolute atomic E-state index is 0.0340. The Morgan fingerprint density at radius 1 is 0.435 bits per heavy atom. The van der Waals surface area contributed by atoms with Crippen LogP contribution in [0.1, 0.15) is 126 Å². The summed E-state index contributed by atoms with van der Waals surface area (Å²) < 4.78 is 54.8. The highest BCUT2D eigenvalue weighted by atomic mass is 35.5. The fraction of sp³-hybridized carbons (Fsp3) is 0.367. The number of ether oxygens (including phenoxy) is 8. The van der Waals surface area contributed by atoms with Crippen LogP contribution in [0.3, 0.4) is 0 Å². The first-order chi connectivity index (χ1) is 43.7. The van der Waals surface area contributed by atoms with Crippen molar-refractivity contribution < 1.29 is 47.4 Å². The van der Waals surface area contributed by atoms with E-state index in [1.165, 1.54) is 31.9 Å². The maximum absolute atomic E-state index is 12.5. The van der Waals surface area contributed by atoms with Crippen LogP contribution in [-0.2, 0) is 0 Å². The number of hydrogen-bond acceptors (Lipinski definition) is 9. The van der Waals surface area contributed by atoms with E-state index in [0.29, 0.717) is 82.1 Å². The first kappa shape index (κ1) is 80.6. The largest absolute Gasteiger partial charge is 0.502 e. The van der Waals surface area contributed by atoms with Gasteiger partial charge in [0.25, 0.3) is 0 Å². The summed E-state index contributed by atoms with van der Waals surface area (Å²) in [7, 11) is 4.72. The lowest BCUT2D eigenvalue weighted by Crippen LogP contribution is -2.18. The third kappa shape index (κ3) is 36.5. The number of halogens is 4. The standard InChI is InChI=1S/C13H18O3.C12H14O2.C12H16O.C11H13F.C11H16O.C10H12Cl2O.C10H13ClO/c1-9(2)5-6-10-7-11(15-3)13(14)12(8-10)16-4;1-9(2)3-4-10-5-6-11-12(7-10)14-8-13-11;1-10(2)4-5-11-6-8-12(13-3)9-7-11;1-9(2)3-4-10-5-7-11(12)8-6-10;1-9(2)10(3)12-11-7-5-4-6-8-11;1-7(2)6-13-10-4-3-8(11)5-9(10)12;1-8(2)7-12-10-5-3-9(11)4-6-10/h5-9,14H,1-4H3;3-7,9H,8H2,1-2H3;4-10H,1-3H3;3-9H,1-2H3;4-10H,1-3H3;3-5,7H,6H2,1-2H3;3-6,8H,7H2,1-2H3/b6-5+;4-3+;5-4+;4-3+;;;. The van der Waals surface area contributed by atoms with E-state index >= 15 is 0 Å². The predicted octanol–water partition coefficient (Wildman–Crippen LogP) is 23.5. The van der Waals surface area contributed by atoms with E-state index < -0.39 is 0 Å². The van der Waals surface area contributed by atoms with Crippen LogP contribution in [0.5, 0.6) is 51.7 Å². The summed E-state index contributed by atoms with van der Waals surface area (Å²) in [6.45, 7) is 33.7. The quantitative estimate of drug-likeness (QED) is 0.0801. The van der Waals surface area contributed by atoms with Crippen LogP contribution in [0.25, 0.3) is 24.3 Å². The third-order valence-corrected chi connectivity index (χ3v) is 13.2. The summed E-state index contributed by atoms with van der Waals surface area (Å²) in [5.74, 6) is 9.60. The van der Waals surface area contributed by atoms with E-state index in [9.17, 15) is 9.50 Å². The zero-order valence-corrected chi connectivity index (χ0v) is 59.8. The van der Waals surface area contributed by atoms with E-state index in [0.717, 1.165) is 57.1 Å². The lowest BCUT2D eigenvalue weighted by molar-refractivity contribution is 0.170. The van der Waals surface area contributed by atoms with Crippen molar-refractivity contribution in [3.05, 3.63) is 219 Å². The molecule has 0 amide bonds. The molecule has 0 radical (unpaired) electrons. The number of phenolic OH excluding ortho intramolecular Hbond substituents is 1. The number of fused-ring (bicyclic) bond motifs is 1. The zero-order chi connectivity index (χ0) is 68.5. The SMILES string of the molecule is CC(C)/C=C/c1ccc(F)cc1.CC(C)/C=C/c1ccc2c(c1)OCO2.CC(C)C(C)Oc1ccccc1.CC(C)COc1ccc(Cl)cc1.CC(C)COc1ccc(Cl)cc1Cl.COc1cc(/C=C/C(C)C)cc(OC)c1O.COc1ccc(/C=C/C(C)C)cc1. The molecular formula is C79H102Cl3FO9. The van der Waals surface area contributed by atoms with Crippen molar-refractivity contribution in [1.82, 2.24) is 0 Å². The molecule has 0 aliphatic carbocycles. The molecule has 0 saturated heterocycles. The Bertz CT molecular complexity index is 3180. The highest BCUT2D eigenvalue weighted by molar-refractivity contribution is 6.35. The Balaban J connectivity index is 0.000000366. The highest BCUT2D eigenvalue weighted by Gasteiger charge is 2.13. The maximum Gasteiger partial charge on any atom is 0.231 e. The summed E-state index contributed by atoms with van der Waals surface area (Å²) in [5.41, 5.74) is 4.36. The van der Waals surface area contributed by atoms with Crippen LogP contribution >= 0.6 is 34.8 Å². The molecule has 0 aromatic heterocycles. The second-order valence-electron chi connectivity index (χ2n) is 23.9. The molecule has 0 spiro atoms. The molecule has 13 heteroatoms. The molecule has 0 bridgehead atoms. The van der Waals surface area contributed by atoms with Gasteiger partial charge in [-0.2, -0.15) is 0 Å². The second kappa shape index (κ2) is 45.7. The summed E-state index contributed by atoms with van der Waals surface area (Å²) in [4.78, 5) is 0. The van der Waals surface area contributed by atoms with E-state index in [4.69, 9.17) is 72.7 Å². The molecule has 1 aliphatic rings. The van der Waals surface area contributed by atoms with Gasteiger partial charge in [-0.05, 0) is 174 Å². The topological polar surface area (TPSA) is 94.1 Å². The van der Waals surface area contributed by atoms with Gasteiger partial charge in [0, 0.05) is 10.0 Å². The zero-order valence-electron chi connectivity index (χ0n) is 57.5. The van der Waals surface area contributed by atoms with Gasteiger partial charge in [-0.25, -0.2) is 4.39 Å². The van der Waals surface area contributed by atoms with Gasteiger partial charge in [-0.1, -0.05) is 229 Å². The van der Waals surface area contributed by atoms with E-state index in [1.54, 1.807) is 49.6 Å². The molecule has 0 fully saturated rings. The molecule has 500 valence electrons. The Morgan fingerprint density at radius 3 is 1.35 bits per heavy atom. The average Bonchev–Trinajstić information content (AvgIpc) is 1.63. The van der Waals surface area contributed by atoms with Crippen molar-refractivity contribution in [2.75, 3.05) is 41.3 Å². The number of rotatable bonds is 20. The maximum atomic E-state index is 12.5. The van der Waals surface area contributed by atoms with Crippen molar-refractivity contribution in [3.63, 3.8) is 0 Å². The molecule has 7 aromatic carbocycles. The Hall–Kier alpha value is -7.50. The number of aromatic hydroxyl groups is 1. The van der Waals surface area contributed by atoms with E-state index in [1.807, 2.05) is 97.1 Å². The molecule has 7 aromatic rings. The van der Waals surface area contributed by atoms with E-state index in [2.05, 4.69) is 152 Å². The summed E-state index contributed by atoms with van der Waals surface area (Å²) in [6, 6.07) is 46.7. The fourth-order valence-electron chi connectivity index (χ4n) is 7.02. The number of para-hydroxylation sites is 1. The Kier molecular flexibility index (Phi) is 40.0. The van der Waals surface area contributed by atoms with E-state index in [-0.39, 0.29) is 17.7 Å². The number of phenols is 1. The molecule has 8 rings (SSSR count).